The highest BCUT2D eigenvalue weighted by Gasteiger charge is 2.19. The molecule has 0 aromatic carbocycles. The fraction of sp³-hybridized carbons (Fsp3) is 0.889. The number of unbranched alkanes of at least 4 members (excludes halogenated alkanes) is 8. The fourth-order valence-corrected chi connectivity index (χ4v) is 2.63. The largest absolute Gasteiger partial charge is 0.477 e. The smallest absolute Gasteiger partial charge is 0.359 e. The Bertz CT molecular complexity index is 330. The first-order valence-corrected chi connectivity index (χ1v) is 9.18. The minimum Gasteiger partial charge on any atom is -0.477 e. The molecule has 0 radical (unpaired) electrons. The van der Waals surface area contributed by atoms with Crippen molar-refractivity contribution in [1.82, 2.24) is 5.32 Å². The zero-order chi connectivity index (χ0) is 17.6. The molecule has 0 aromatic heterocycles. The summed E-state index contributed by atoms with van der Waals surface area (Å²) < 4.78 is 0.383. The summed E-state index contributed by atoms with van der Waals surface area (Å²) in [5.74, 6) is -0.723. The molecule has 0 unspecified atom stereocenters. The zero-order valence-corrected chi connectivity index (χ0v) is 15.4. The molecule has 2 N–H and O–H groups in total. The monoisotopic (exact) mass is 329 g/mol. The Balaban J connectivity index is 3.45. The van der Waals surface area contributed by atoms with Gasteiger partial charge in [0.2, 0.25) is 5.91 Å². The maximum atomic E-state index is 11.7. The van der Waals surface area contributed by atoms with Gasteiger partial charge >= 0.3 is 5.97 Å². The molecule has 0 fully saturated rings. The number of nitrogens with zero attached hydrogens (tertiary/aromatic N) is 1. The average molecular weight is 330 g/mol. The predicted octanol–water partition coefficient (Wildman–Crippen LogP) is 3.18. The Morgan fingerprint density at radius 1 is 0.913 bits per heavy atom. The third-order valence-corrected chi connectivity index (χ3v) is 4.11. The summed E-state index contributed by atoms with van der Waals surface area (Å²) in [6, 6.07) is 0. The number of likely N-dealkylation sites (N-methyl/N-ethyl adjacent to an activating group) is 1. The second-order valence-electron chi connectivity index (χ2n) is 7.14. The van der Waals surface area contributed by atoms with Crippen LogP contribution in [0.2, 0.25) is 0 Å². The Kier molecular flexibility index (Phi) is 12.7. The number of nitrogens with one attached hydrogen (secondary N) is 1. The number of rotatable bonds is 15. The molecule has 0 bridgehead atoms. The van der Waals surface area contributed by atoms with E-state index in [1.165, 1.54) is 44.9 Å². The summed E-state index contributed by atoms with van der Waals surface area (Å²) in [4.78, 5) is 22.4. The van der Waals surface area contributed by atoms with Crippen LogP contribution in [0.5, 0.6) is 0 Å². The van der Waals surface area contributed by atoms with Crippen LogP contribution in [-0.4, -0.2) is 55.2 Å². The second-order valence-corrected chi connectivity index (χ2v) is 7.14. The summed E-state index contributed by atoms with van der Waals surface area (Å²) in [6.07, 6.45) is 11.8. The SMILES string of the molecule is CCCCCCCCCCCC(=O)NCC[N+](C)(C)CC(=O)O. The first-order chi connectivity index (χ1) is 10.9. The van der Waals surface area contributed by atoms with Crippen molar-refractivity contribution in [2.45, 2.75) is 71.1 Å². The summed E-state index contributed by atoms with van der Waals surface area (Å²) in [5.41, 5.74) is 0. The van der Waals surface area contributed by atoms with E-state index in [-0.39, 0.29) is 12.5 Å². The summed E-state index contributed by atoms with van der Waals surface area (Å²) in [5, 5.41) is 11.7. The van der Waals surface area contributed by atoms with E-state index >= 15 is 0 Å². The molecule has 0 aliphatic carbocycles. The molecule has 0 rings (SSSR count). The van der Waals surface area contributed by atoms with Crippen LogP contribution in [0.3, 0.4) is 0 Å². The highest BCUT2D eigenvalue weighted by molar-refractivity contribution is 5.75. The third-order valence-electron chi connectivity index (χ3n) is 4.11. The molecule has 0 saturated carbocycles. The van der Waals surface area contributed by atoms with Crippen LogP contribution in [0.4, 0.5) is 0 Å². The Labute approximate surface area is 142 Å². The van der Waals surface area contributed by atoms with Crippen LogP contribution >= 0.6 is 0 Å². The second kappa shape index (κ2) is 13.3. The zero-order valence-electron chi connectivity index (χ0n) is 15.4. The van der Waals surface area contributed by atoms with E-state index in [4.69, 9.17) is 5.11 Å². The minimum atomic E-state index is -0.809. The van der Waals surface area contributed by atoms with Crippen LogP contribution in [-0.2, 0) is 9.59 Å². The van der Waals surface area contributed by atoms with E-state index in [0.29, 0.717) is 24.0 Å². The summed E-state index contributed by atoms with van der Waals surface area (Å²) in [7, 11) is 3.72. The Morgan fingerprint density at radius 2 is 1.43 bits per heavy atom. The summed E-state index contributed by atoms with van der Waals surface area (Å²) >= 11 is 0. The van der Waals surface area contributed by atoms with E-state index in [0.717, 1.165) is 12.8 Å². The molecular formula is C18H37N2O3+. The fourth-order valence-electron chi connectivity index (χ4n) is 2.63. The van der Waals surface area contributed by atoms with Gasteiger partial charge in [-0.15, -0.1) is 0 Å². The average Bonchev–Trinajstić information content (AvgIpc) is 2.44. The lowest BCUT2D eigenvalue weighted by molar-refractivity contribution is -0.881. The van der Waals surface area contributed by atoms with Crippen molar-refractivity contribution < 1.29 is 19.2 Å². The number of carbonyl (C=O) groups excluding carboxylic acids is 1. The molecule has 1 amide bonds. The number of carboxylic acid groups (broad SMARTS) is 1. The normalized spacial score (nSPS) is 11.4. The standard InChI is InChI=1S/C18H36N2O3/c1-4-5-6-7-8-9-10-11-12-13-17(21)19-14-15-20(2,3)16-18(22)23/h4-16H2,1-3H3,(H-,19,21,22,23)/p+1. The van der Waals surface area contributed by atoms with Gasteiger partial charge in [-0.25, -0.2) is 4.79 Å². The highest BCUT2D eigenvalue weighted by atomic mass is 16.4. The topological polar surface area (TPSA) is 66.4 Å². The molecule has 0 aliphatic rings. The van der Waals surface area contributed by atoms with Gasteiger partial charge in [0.1, 0.15) is 0 Å². The molecule has 136 valence electrons. The Hall–Kier alpha value is -1.10. The van der Waals surface area contributed by atoms with Crippen molar-refractivity contribution in [2.75, 3.05) is 33.7 Å². The number of aliphatic carboxylic acids is 1. The van der Waals surface area contributed by atoms with Crippen molar-refractivity contribution in [1.29, 1.82) is 0 Å². The van der Waals surface area contributed by atoms with Crippen LogP contribution in [0.1, 0.15) is 71.1 Å². The molecule has 0 aromatic rings. The van der Waals surface area contributed by atoms with E-state index in [1.54, 1.807) is 0 Å². The van der Waals surface area contributed by atoms with Gasteiger partial charge in [0, 0.05) is 6.42 Å². The van der Waals surface area contributed by atoms with Gasteiger partial charge in [0.15, 0.2) is 6.54 Å². The number of hydrogen-bond donors (Lipinski definition) is 2. The first kappa shape index (κ1) is 21.9. The van der Waals surface area contributed by atoms with E-state index in [2.05, 4.69) is 12.2 Å². The van der Waals surface area contributed by atoms with Gasteiger partial charge in [0.05, 0.1) is 27.2 Å². The molecule has 0 heterocycles. The predicted molar refractivity (Wildman–Crippen MR) is 94.3 cm³/mol. The van der Waals surface area contributed by atoms with Crippen LogP contribution in [0.15, 0.2) is 0 Å². The van der Waals surface area contributed by atoms with Gasteiger partial charge < -0.3 is 14.9 Å². The van der Waals surface area contributed by atoms with Gasteiger partial charge in [-0.2, -0.15) is 0 Å². The van der Waals surface area contributed by atoms with Crippen molar-refractivity contribution in [2.24, 2.45) is 0 Å². The van der Waals surface area contributed by atoms with Crippen molar-refractivity contribution in [3.8, 4) is 0 Å². The van der Waals surface area contributed by atoms with Crippen molar-refractivity contribution >= 4 is 11.9 Å². The highest BCUT2D eigenvalue weighted by Crippen LogP contribution is 2.10. The van der Waals surface area contributed by atoms with Gasteiger partial charge in [-0.1, -0.05) is 58.3 Å². The lowest BCUT2D eigenvalue weighted by Crippen LogP contribution is -2.48. The maximum Gasteiger partial charge on any atom is 0.359 e. The number of amides is 1. The molecule has 0 atom stereocenters. The Morgan fingerprint density at radius 3 is 1.96 bits per heavy atom. The van der Waals surface area contributed by atoms with Crippen LogP contribution in [0.25, 0.3) is 0 Å². The van der Waals surface area contributed by atoms with E-state index < -0.39 is 5.97 Å². The molecule has 5 heteroatoms. The summed E-state index contributed by atoms with van der Waals surface area (Å²) in [6.45, 7) is 3.48. The van der Waals surface area contributed by atoms with E-state index in [9.17, 15) is 9.59 Å². The third kappa shape index (κ3) is 15.6. The number of quaternary nitrogens is 1. The molecule has 0 aliphatic heterocycles. The lowest BCUT2D eigenvalue weighted by atomic mass is 10.1. The van der Waals surface area contributed by atoms with Gasteiger partial charge in [-0.05, 0) is 6.42 Å². The number of carboxylic acids is 1. The molecule has 23 heavy (non-hydrogen) atoms. The first-order valence-electron chi connectivity index (χ1n) is 9.18. The molecule has 0 saturated heterocycles. The van der Waals surface area contributed by atoms with Crippen LogP contribution < -0.4 is 5.32 Å². The maximum absolute atomic E-state index is 11.7. The quantitative estimate of drug-likeness (QED) is 0.358. The molecule has 0 spiro atoms. The van der Waals surface area contributed by atoms with Crippen molar-refractivity contribution in [3.05, 3.63) is 0 Å². The molecule has 5 nitrogen and oxygen atoms in total. The van der Waals surface area contributed by atoms with Gasteiger partial charge in [0.25, 0.3) is 0 Å². The van der Waals surface area contributed by atoms with Crippen molar-refractivity contribution in [3.63, 3.8) is 0 Å². The number of hydrogen-bond acceptors (Lipinski definition) is 2. The van der Waals surface area contributed by atoms with E-state index in [1.807, 2.05) is 14.1 Å². The van der Waals surface area contributed by atoms with Gasteiger partial charge in [-0.3, -0.25) is 4.79 Å². The minimum absolute atomic E-state index is 0.0775. The molecular weight excluding hydrogens is 292 g/mol. The lowest BCUT2D eigenvalue weighted by Gasteiger charge is -2.27. The van der Waals surface area contributed by atoms with Crippen LogP contribution in [0, 0.1) is 0 Å². The number of carbonyl (C=O) groups is 2.